The highest BCUT2D eigenvalue weighted by molar-refractivity contribution is 6.07. The lowest BCUT2D eigenvalue weighted by atomic mass is 9.84. The molecule has 0 spiro atoms. The van der Waals surface area contributed by atoms with Gasteiger partial charge in [-0.3, -0.25) is 0 Å². The van der Waals surface area contributed by atoms with Crippen LogP contribution in [0.1, 0.15) is 47.9 Å². The van der Waals surface area contributed by atoms with E-state index in [1.54, 1.807) is 0 Å². The topological polar surface area (TPSA) is 4.93 Å². The van der Waals surface area contributed by atoms with Crippen molar-refractivity contribution in [1.29, 1.82) is 0 Å². The molecule has 3 aromatic carbocycles. The minimum Gasteiger partial charge on any atom is -0.350 e. The van der Waals surface area contributed by atoms with Crippen LogP contribution in [0.25, 0.3) is 22.0 Å². The molecule has 0 saturated carbocycles. The largest absolute Gasteiger partial charge is 0.350 e. The highest BCUT2D eigenvalue weighted by Gasteiger charge is 2.33. The number of aryl methyl sites for hydroxylation is 1. The van der Waals surface area contributed by atoms with E-state index in [-0.39, 0.29) is 0 Å². The number of fused-ring (bicyclic) bond motifs is 2. The van der Waals surface area contributed by atoms with Crippen molar-refractivity contribution in [3.8, 4) is 0 Å². The summed E-state index contributed by atoms with van der Waals surface area (Å²) in [5.41, 5.74) is 9.94. The molecule has 0 bridgehead atoms. The molecule has 0 amide bonds. The lowest BCUT2D eigenvalue weighted by Crippen LogP contribution is -2.01. The van der Waals surface area contributed by atoms with Gasteiger partial charge in [-0.05, 0) is 40.3 Å². The van der Waals surface area contributed by atoms with Gasteiger partial charge in [-0.15, -0.1) is 0 Å². The van der Waals surface area contributed by atoms with Crippen molar-refractivity contribution < 1.29 is 0 Å². The zero-order chi connectivity index (χ0) is 19.1. The van der Waals surface area contributed by atoms with Crippen LogP contribution in [0.15, 0.2) is 85.1 Å². The number of benzene rings is 3. The van der Waals surface area contributed by atoms with Crippen LogP contribution >= 0.6 is 0 Å². The summed E-state index contributed by atoms with van der Waals surface area (Å²) in [6.07, 6.45) is 4.59. The molecule has 1 nitrogen and oxygen atoms in total. The van der Waals surface area contributed by atoms with Crippen molar-refractivity contribution in [1.82, 2.24) is 4.57 Å². The Hall–Kier alpha value is -3.06. The number of nitrogens with zero attached hydrogens (tertiary/aromatic N) is 1. The quantitative estimate of drug-likeness (QED) is 0.366. The van der Waals surface area contributed by atoms with E-state index < -0.39 is 0 Å². The van der Waals surface area contributed by atoms with Crippen LogP contribution in [-0.4, -0.2) is 4.57 Å². The molecule has 0 fully saturated rings. The Morgan fingerprint density at radius 3 is 2.32 bits per heavy atom. The Labute approximate surface area is 167 Å². The first-order valence-corrected chi connectivity index (χ1v) is 10.2. The second kappa shape index (κ2) is 6.83. The van der Waals surface area contributed by atoms with Crippen molar-refractivity contribution in [2.75, 3.05) is 0 Å². The van der Waals surface area contributed by atoms with Gasteiger partial charge in [-0.2, -0.15) is 0 Å². The lowest BCUT2D eigenvalue weighted by molar-refractivity contribution is 0.962. The van der Waals surface area contributed by atoms with Crippen molar-refractivity contribution in [3.63, 3.8) is 0 Å². The molecule has 1 heteroatoms. The molecule has 1 aliphatic carbocycles. The van der Waals surface area contributed by atoms with E-state index in [4.69, 9.17) is 0 Å². The van der Waals surface area contributed by atoms with E-state index >= 15 is 0 Å². The minimum absolute atomic E-state index is 0.296. The predicted molar refractivity (Wildman–Crippen MR) is 119 cm³/mol. The summed E-state index contributed by atoms with van der Waals surface area (Å²) in [7, 11) is 2.16. The van der Waals surface area contributed by atoms with E-state index in [1.807, 2.05) is 0 Å². The number of hydrogen-bond acceptors (Lipinski definition) is 0. The number of aromatic nitrogens is 1. The monoisotopic (exact) mass is 363 g/mol. The standard InChI is InChI=1S/C27H25N/c1-3-11-22-20-14-7-8-16-23(20)26(19-12-5-4-6-13-19)27(22)24-18-28(2)25-17-10-9-15-21(24)25/h4-10,12-18,26H,3,11H2,1-2H3. The molecule has 4 aromatic rings. The maximum Gasteiger partial charge on any atom is 0.0484 e. The molecule has 0 saturated heterocycles. The van der Waals surface area contributed by atoms with Gasteiger partial charge < -0.3 is 4.57 Å². The van der Waals surface area contributed by atoms with E-state index in [2.05, 4.69) is 104 Å². The third-order valence-electron chi connectivity index (χ3n) is 6.03. The van der Waals surface area contributed by atoms with Crippen LogP contribution in [0, 0.1) is 0 Å². The van der Waals surface area contributed by atoms with Gasteiger partial charge in [0.05, 0.1) is 0 Å². The summed E-state index contributed by atoms with van der Waals surface area (Å²) >= 11 is 0. The second-order valence-corrected chi connectivity index (χ2v) is 7.74. The summed E-state index contributed by atoms with van der Waals surface area (Å²) in [6.45, 7) is 2.28. The van der Waals surface area contributed by atoms with Gasteiger partial charge in [-0.1, -0.05) is 86.1 Å². The number of rotatable bonds is 4. The van der Waals surface area contributed by atoms with Crippen LogP contribution in [-0.2, 0) is 7.05 Å². The Morgan fingerprint density at radius 1 is 0.786 bits per heavy atom. The molecule has 1 aromatic heterocycles. The Kier molecular flexibility index (Phi) is 4.16. The molecule has 28 heavy (non-hydrogen) atoms. The maximum atomic E-state index is 2.33. The maximum absolute atomic E-state index is 2.33. The fourth-order valence-corrected chi connectivity index (χ4v) is 4.88. The van der Waals surface area contributed by atoms with Crippen molar-refractivity contribution in [3.05, 3.63) is 107 Å². The smallest absolute Gasteiger partial charge is 0.0484 e. The van der Waals surface area contributed by atoms with Crippen molar-refractivity contribution >= 4 is 22.0 Å². The molecule has 1 unspecified atom stereocenters. The summed E-state index contributed by atoms with van der Waals surface area (Å²) in [4.78, 5) is 0. The highest BCUT2D eigenvalue weighted by atomic mass is 14.9. The van der Waals surface area contributed by atoms with Gasteiger partial charge in [0.2, 0.25) is 0 Å². The lowest BCUT2D eigenvalue weighted by Gasteiger charge is -2.18. The number of para-hydroxylation sites is 1. The molecule has 1 heterocycles. The fourth-order valence-electron chi connectivity index (χ4n) is 4.88. The molecule has 0 N–H and O–H groups in total. The number of hydrogen-bond donors (Lipinski definition) is 0. The first-order chi connectivity index (χ1) is 13.8. The average molecular weight is 364 g/mol. The zero-order valence-electron chi connectivity index (χ0n) is 16.5. The van der Waals surface area contributed by atoms with Gasteiger partial charge >= 0.3 is 0 Å². The average Bonchev–Trinajstić information content (AvgIpc) is 3.24. The molecular formula is C27H25N. The molecular weight excluding hydrogens is 338 g/mol. The first kappa shape index (κ1) is 17.1. The molecule has 0 aliphatic heterocycles. The Morgan fingerprint density at radius 2 is 1.50 bits per heavy atom. The third kappa shape index (κ3) is 2.54. The molecule has 1 aliphatic rings. The summed E-state index contributed by atoms with van der Waals surface area (Å²) < 4.78 is 2.27. The van der Waals surface area contributed by atoms with Gasteiger partial charge in [0.25, 0.3) is 0 Å². The highest BCUT2D eigenvalue weighted by Crippen LogP contribution is 2.52. The van der Waals surface area contributed by atoms with Gasteiger partial charge in [-0.25, -0.2) is 0 Å². The minimum atomic E-state index is 0.296. The third-order valence-corrected chi connectivity index (χ3v) is 6.03. The molecule has 0 radical (unpaired) electrons. The van der Waals surface area contributed by atoms with E-state index in [0.29, 0.717) is 5.92 Å². The summed E-state index contributed by atoms with van der Waals surface area (Å²) in [5.74, 6) is 0.296. The Bertz CT molecular complexity index is 1180. The van der Waals surface area contributed by atoms with Gasteiger partial charge in [0.1, 0.15) is 0 Å². The van der Waals surface area contributed by atoms with Crippen LogP contribution < -0.4 is 0 Å². The van der Waals surface area contributed by atoms with Crippen LogP contribution in [0.2, 0.25) is 0 Å². The molecule has 5 rings (SSSR count). The van der Waals surface area contributed by atoms with E-state index in [1.165, 1.54) is 44.3 Å². The normalized spacial score (nSPS) is 16.0. The summed E-state index contributed by atoms with van der Waals surface area (Å²) in [5, 5.41) is 1.35. The fraction of sp³-hybridized carbons (Fsp3) is 0.185. The van der Waals surface area contributed by atoms with Crippen LogP contribution in [0.3, 0.4) is 0 Å². The van der Waals surface area contributed by atoms with E-state index in [9.17, 15) is 0 Å². The second-order valence-electron chi connectivity index (χ2n) is 7.74. The zero-order valence-corrected chi connectivity index (χ0v) is 16.5. The van der Waals surface area contributed by atoms with Gasteiger partial charge in [0.15, 0.2) is 0 Å². The number of allylic oxidation sites excluding steroid dienone is 2. The van der Waals surface area contributed by atoms with Crippen molar-refractivity contribution in [2.45, 2.75) is 25.7 Å². The van der Waals surface area contributed by atoms with Crippen LogP contribution in [0.4, 0.5) is 0 Å². The molecule has 138 valence electrons. The van der Waals surface area contributed by atoms with Crippen molar-refractivity contribution in [2.24, 2.45) is 7.05 Å². The molecule has 1 atom stereocenters. The van der Waals surface area contributed by atoms with Gasteiger partial charge in [0, 0.05) is 35.6 Å². The Balaban J connectivity index is 1.84. The SMILES string of the molecule is CCCC1=C(c2cn(C)c3ccccc23)C(c2ccccc2)c2ccccc21. The first-order valence-electron chi connectivity index (χ1n) is 10.2. The van der Waals surface area contributed by atoms with Crippen LogP contribution in [0.5, 0.6) is 0 Å². The predicted octanol–water partition coefficient (Wildman–Crippen LogP) is 7.03. The van der Waals surface area contributed by atoms with E-state index in [0.717, 1.165) is 12.8 Å². The summed E-state index contributed by atoms with van der Waals surface area (Å²) in [6, 6.07) is 28.8.